The van der Waals surface area contributed by atoms with Crippen molar-refractivity contribution in [1.29, 1.82) is 0 Å². The van der Waals surface area contributed by atoms with Gasteiger partial charge in [0.25, 0.3) is 0 Å². The number of aliphatic hydroxyl groups excluding tert-OH is 1. The number of hydrogen-bond acceptors (Lipinski definition) is 3. The summed E-state index contributed by atoms with van der Waals surface area (Å²) in [6.07, 6.45) is 4.27. The monoisotopic (exact) mass is 287 g/mol. The molecule has 0 aliphatic carbocycles. The molecule has 0 radical (unpaired) electrons. The predicted octanol–water partition coefficient (Wildman–Crippen LogP) is 1.50. The lowest BCUT2D eigenvalue weighted by molar-refractivity contribution is 0.283. The first-order valence-electron chi connectivity index (χ1n) is 4.47. The van der Waals surface area contributed by atoms with E-state index in [0.29, 0.717) is 6.61 Å². The van der Waals surface area contributed by atoms with E-state index in [-0.39, 0.29) is 0 Å². The Labute approximate surface area is 88.6 Å². The maximum atomic E-state index is 8.49. The summed E-state index contributed by atoms with van der Waals surface area (Å²) in [5, 5.41) is 11.8. The molecule has 0 rings (SSSR count). The smallest absolute Gasteiger partial charge is 0.109 e. The molecule has 0 amide bonds. The largest absolute Gasteiger partial charge is 0.396 e. The van der Waals surface area contributed by atoms with Crippen molar-refractivity contribution in [2.75, 3.05) is 26.3 Å². The Morgan fingerprint density at radius 3 is 2.33 bits per heavy atom. The number of unbranched alkanes of at least 4 members (excludes halogenated alkanes) is 2. The lowest BCUT2D eigenvalue weighted by atomic mass is 10.3. The molecule has 0 aromatic heterocycles. The van der Waals surface area contributed by atoms with Crippen molar-refractivity contribution < 1.29 is 8.17 Å². The van der Waals surface area contributed by atoms with Crippen LogP contribution in [0.3, 0.4) is 0 Å². The summed E-state index contributed by atoms with van der Waals surface area (Å²) >= 11 is 1.92. The van der Waals surface area contributed by atoms with Crippen LogP contribution in [-0.2, 0) is 3.07 Å². The summed E-state index contributed by atoms with van der Waals surface area (Å²) in [4.78, 5) is 0. The Morgan fingerprint density at radius 1 is 1.08 bits per heavy atom. The van der Waals surface area contributed by atoms with Gasteiger partial charge in [0, 0.05) is 6.61 Å². The van der Waals surface area contributed by atoms with Gasteiger partial charge in [0.05, 0.1) is 6.61 Å². The third-order valence-corrected chi connectivity index (χ3v) is 2.03. The van der Waals surface area contributed by atoms with Gasteiger partial charge in [-0.2, -0.15) is 0 Å². The first-order valence-corrected chi connectivity index (χ1v) is 5.35. The van der Waals surface area contributed by atoms with Crippen LogP contribution >= 0.6 is 23.0 Å². The summed E-state index contributed by atoms with van der Waals surface area (Å²) in [5.41, 5.74) is 0. The van der Waals surface area contributed by atoms with Gasteiger partial charge in [0.15, 0.2) is 0 Å². The Morgan fingerprint density at radius 2 is 1.75 bits per heavy atom. The molecule has 0 bridgehead atoms. The molecule has 3 nitrogen and oxygen atoms in total. The number of hydrogen-bond donors (Lipinski definition) is 2. The van der Waals surface area contributed by atoms with Gasteiger partial charge in [0.1, 0.15) is 23.0 Å². The molecule has 0 aromatic rings. The number of nitrogens with one attached hydrogen (secondary N) is 1. The topological polar surface area (TPSA) is 41.5 Å². The fourth-order valence-corrected chi connectivity index (χ4v) is 1.20. The van der Waals surface area contributed by atoms with Gasteiger partial charge < -0.3 is 13.5 Å². The van der Waals surface area contributed by atoms with Crippen LogP contribution in [0.1, 0.15) is 25.7 Å². The Hall–Kier alpha value is 0.610. The Kier molecular flexibility index (Phi) is 12.2. The van der Waals surface area contributed by atoms with Crippen molar-refractivity contribution in [1.82, 2.24) is 5.32 Å². The first-order chi connectivity index (χ1) is 5.91. The van der Waals surface area contributed by atoms with Crippen molar-refractivity contribution in [3.63, 3.8) is 0 Å². The standard InChI is InChI=1S/C8H18INO2/c9-12-8-4-2-6-10-5-1-3-7-11/h10-11H,1-8H2. The summed E-state index contributed by atoms with van der Waals surface area (Å²) in [7, 11) is 0. The Bertz CT molecular complexity index is 73.5. The molecule has 0 fully saturated rings. The zero-order valence-electron chi connectivity index (χ0n) is 7.39. The summed E-state index contributed by atoms with van der Waals surface area (Å²) in [6, 6.07) is 0. The van der Waals surface area contributed by atoms with Crippen molar-refractivity contribution >= 4 is 23.0 Å². The minimum atomic E-state index is 0.310. The van der Waals surface area contributed by atoms with Gasteiger partial charge in [-0.05, 0) is 38.8 Å². The second-order valence-corrected chi connectivity index (χ2v) is 3.32. The van der Waals surface area contributed by atoms with Crippen LogP contribution in [0, 0.1) is 0 Å². The molecule has 0 aromatic carbocycles. The van der Waals surface area contributed by atoms with Crippen LogP contribution in [0.4, 0.5) is 0 Å². The van der Waals surface area contributed by atoms with Gasteiger partial charge >= 0.3 is 0 Å². The van der Waals surface area contributed by atoms with Gasteiger partial charge in [0.2, 0.25) is 0 Å². The molecule has 74 valence electrons. The van der Waals surface area contributed by atoms with E-state index < -0.39 is 0 Å². The summed E-state index contributed by atoms with van der Waals surface area (Å²) < 4.78 is 4.90. The molecule has 0 aliphatic rings. The zero-order chi connectivity index (χ0) is 9.07. The highest BCUT2D eigenvalue weighted by atomic mass is 127. The molecule has 4 heteroatoms. The highest BCUT2D eigenvalue weighted by Gasteiger charge is 1.89. The van der Waals surface area contributed by atoms with E-state index in [2.05, 4.69) is 5.32 Å². The van der Waals surface area contributed by atoms with Crippen LogP contribution in [0.5, 0.6) is 0 Å². The van der Waals surface area contributed by atoms with E-state index in [1.165, 1.54) is 6.42 Å². The maximum absolute atomic E-state index is 8.49. The molecule has 2 N–H and O–H groups in total. The number of halogens is 1. The van der Waals surface area contributed by atoms with E-state index in [4.69, 9.17) is 8.17 Å². The van der Waals surface area contributed by atoms with Crippen molar-refractivity contribution in [3.8, 4) is 0 Å². The third kappa shape index (κ3) is 10.6. The summed E-state index contributed by atoms with van der Waals surface area (Å²) in [5.74, 6) is 0. The molecule has 0 unspecified atom stereocenters. The lowest BCUT2D eigenvalue weighted by Gasteiger charge is -2.02. The minimum absolute atomic E-state index is 0.310. The molecular weight excluding hydrogens is 269 g/mol. The molecule has 0 saturated heterocycles. The zero-order valence-corrected chi connectivity index (χ0v) is 9.55. The third-order valence-electron chi connectivity index (χ3n) is 1.59. The average Bonchev–Trinajstić information content (AvgIpc) is 2.10. The number of rotatable bonds is 9. The molecule has 0 aliphatic heterocycles. The highest BCUT2D eigenvalue weighted by Crippen LogP contribution is 1.92. The van der Waals surface area contributed by atoms with E-state index >= 15 is 0 Å². The molecular formula is C8H18INO2. The van der Waals surface area contributed by atoms with E-state index in [1.807, 2.05) is 23.0 Å². The van der Waals surface area contributed by atoms with Crippen LogP contribution < -0.4 is 5.32 Å². The fraction of sp³-hybridized carbons (Fsp3) is 1.00. The molecule has 0 atom stereocenters. The van der Waals surface area contributed by atoms with Crippen molar-refractivity contribution in [3.05, 3.63) is 0 Å². The average molecular weight is 287 g/mol. The van der Waals surface area contributed by atoms with Crippen molar-refractivity contribution in [2.45, 2.75) is 25.7 Å². The van der Waals surface area contributed by atoms with E-state index in [1.54, 1.807) is 0 Å². The highest BCUT2D eigenvalue weighted by molar-refractivity contribution is 14.1. The van der Waals surface area contributed by atoms with Crippen molar-refractivity contribution in [2.24, 2.45) is 0 Å². The van der Waals surface area contributed by atoms with Gasteiger partial charge in [-0.1, -0.05) is 0 Å². The SMILES string of the molecule is OCCCCNCCCCOI. The molecule has 0 saturated carbocycles. The molecule has 0 spiro atoms. The number of aliphatic hydroxyl groups is 1. The summed E-state index contributed by atoms with van der Waals surface area (Å²) in [6.45, 7) is 3.24. The lowest BCUT2D eigenvalue weighted by Crippen LogP contribution is -2.17. The van der Waals surface area contributed by atoms with Crippen LogP contribution in [0.2, 0.25) is 0 Å². The van der Waals surface area contributed by atoms with Crippen LogP contribution in [0.15, 0.2) is 0 Å². The first kappa shape index (κ1) is 12.6. The van der Waals surface area contributed by atoms with Gasteiger partial charge in [-0.3, -0.25) is 0 Å². The molecule has 0 heterocycles. The molecule has 12 heavy (non-hydrogen) atoms. The van der Waals surface area contributed by atoms with E-state index in [0.717, 1.165) is 39.0 Å². The normalized spacial score (nSPS) is 10.5. The fourth-order valence-electron chi connectivity index (χ4n) is 0.893. The quantitative estimate of drug-likeness (QED) is 0.499. The predicted molar refractivity (Wildman–Crippen MR) is 58.4 cm³/mol. The minimum Gasteiger partial charge on any atom is -0.396 e. The van der Waals surface area contributed by atoms with Gasteiger partial charge in [-0.15, -0.1) is 0 Å². The van der Waals surface area contributed by atoms with Crippen LogP contribution in [0.25, 0.3) is 0 Å². The van der Waals surface area contributed by atoms with Gasteiger partial charge in [-0.25, -0.2) is 0 Å². The maximum Gasteiger partial charge on any atom is 0.109 e. The second-order valence-electron chi connectivity index (χ2n) is 2.70. The Balaban J connectivity index is 2.73. The second kappa shape index (κ2) is 11.6. The van der Waals surface area contributed by atoms with Crippen LogP contribution in [-0.4, -0.2) is 31.4 Å². The van der Waals surface area contributed by atoms with E-state index in [9.17, 15) is 0 Å².